The molecule has 19 heavy (non-hydrogen) atoms. The summed E-state index contributed by atoms with van der Waals surface area (Å²) in [5, 5.41) is 4.25. The van der Waals surface area contributed by atoms with Gasteiger partial charge in [-0.2, -0.15) is 0 Å². The van der Waals surface area contributed by atoms with E-state index in [0.29, 0.717) is 12.6 Å². The van der Waals surface area contributed by atoms with Gasteiger partial charge in [0.05, 0.1) is 6.54 Å². The number of Topliss-reactive ketones (excluding diaryl/α,β-unsaturated/α-hetero) is 1. The summed E-state index contributed by atoms with van der Waals surface area (Å²) in [7, 11) is 1.99. The Labute approximate surface area is 114 Å². The van der Waals surface area contributed by atoms with Crippen molar-refractivity contribution < 1.29 is 4.79 Å². The first kappa shape index (κ1) is 13.8. The largest absolute Gasteiger partial charge is 0.350 e. The van der Waals surface area contributed by atoms with E-state index in [9.17, 15) is 4.79 Å². The third kappa shape index (κ3) is 2.87. The number of aromatic nitrogens is 1. The van der Waals surface area contributed by atoms with E-state index in [1.54, 1.807) is 0 Å². The fourth-order valence-electron chi connectivity index (χ4n) is 2.27. The molecule has 0 saturated heterocycles. The van der Waals surface area contributed by atoms with Crippen LogP contribution in [-0.2, 0) is 13.5 Å². The number of nitrogens with one attached hydrogen (secondary N) is 1. The minimum absolute atomic E-state index is 0.160. The van der Waals surface area contributed by atoms with Gasteiger partial charge in [0.25, 0.3) is 0 Å². The maximum Gasteiger partial charge on any atom is 0.178 e. The molecule has 1 N–H and O–H groups in total. The molecular weight excluding hydrogens is 236 g/mol. The van der Waals surface area contributed by atoms with Crippen LogP contribution in [-0.4, -0.2) is 22.9 Å². The third-order valence-electron chi connectivity index (χ3n) is 3.43. The molecule has 0 atom stereocenters. The van der Waals surface area contributed by atoms with E-state index in [2.05, 4.69) is 30.4 Å². The Kier molecular flexibility index (Phi) is 4.05. The number of hydrogen-bond donors (Lipinski definition) is 1. The molecule has 1 heterocycles. The highest BCUT2D eigenvalue weighted by Gasteiger charge is 2.14. The van der Waals surface area contributed by atoms with Gasteiger partial charge in [0.15, 0.2) is 5.78 Å². The van der Waals surface area contributed by atoms with Crippen molar-refractivity contribution in [1.82, 2.24) is 9.88 Å². The Morgan fingerprint density at radius 2 is 2.11 bits per heavy atom. The van der Waals surface area contributed by atoms with Gasteiger partial charge in [-0.1, -0.05) is 26.8 Å². The van der Waals surface area contributed by atoms with Crippen LogP contribution in [0.1, 0.15) is 36.7 Å². The van der Waals surface area contributed by atoms with E-state index in [-0.39, 0.29) is 5.78 Å². The molecule has 2 rings (SSSR count). The van der Waals surface area contributed by atoms with Crippen LogP contribution < -0.4 is 5.32 Å². The van der Waals surface area contributed by atoms with E-state index >= 15 is 0 Å². The molecule has 0 radical (unpaired) electrons. The first-order valence-corrected chi connectivity index (χ1v) is 6.87. The lowest BCUT2D eigenvalue weighted by molar-refractivity contribution is 0.0990. The topological polar surface area (TPSA) is 34.0 Å². The minimum atomic E-state index is 0.160. The van der Waals surface area contributed by atoms with E-state index in [4.69, 9.17) is 0 Å². The third-order valence-corrected chi connectivity index (χ3v) is 3.43. The van der Waals surface area contributed by atoms with Crippen LogP contribution in [0, 0.1) is 0 Å². The standard InChI is InChI=1S/C16H22N2O/c1-5-12-6-7-15-13(8-12)14(10-18(15)4)16(19)9-17-11(2)3/h6-8,10-11,17H,5,9H2,1-4H3. The number of carbonyl (C=O) groups is 1. The Balaban J connectivity index is 2.39. The first-order chi connectivity index (χ1) is 9.02. The van der Waals surface area contributed by atoms with Crippen molar-refractivity contribution >= 4 is 16.7 Å². The highest BCUT2D eigenvalue weighted by atomic mass is 16.1. The minimum Gasteiger partial charge on any atom is -0.350 e. The van der Waals surface area contributed by atoms with Gasteiger partial charge in [-0.25, -0.2) is 0 Å². The van der Waals surface area contributed by atoms with E-state index in [0.717, 1.165) is 22.9 Å². The van der Waals surface area contributed by atoms with Gasteiger partial charge in [0, 0.05) is 35.8 Å². The Bertz CT molecular complexity index is 596. The van der Waals surface area contributed by atoms with Crippen LogP contribution in [0.5, 0.6) is 0 Å². The molecule has 0 spiro atoms. The maximum atomic E-state index is 12.3. The number of benzene rings is 1. The van der Waals surface area contributed by atoms with E-state index < -0.39 is 0 Å². The highest BCUT2D eigenvalue weighted by molar-refractivity contribution is 6.09. The summed E-state index contributed by atoms with van der Waals surface area (Å²) >= 11 is 0. The van der Waals surface area contributed by atoms with Crippen molar-refractivity contribution in [3.63, 3.8) is 0 Å². The molecule has 0 aliphatic rings. The fourth-order valence-corrected chi connectivity index (χ4v) is 2.27. The summed E-state index contributed by atoms with van der Waals surface area (Å²) in [6.07, 6.45) is 2.93. The molecule has 0 unspecified atom stereocenters. The predicted octanol–water partition coefficient (Wildman–Crippen LogP) is 2.92. The van der Waals surface area contributed by atoms with Gasteiger partial charge in [0.2, 0.25) is 0 Å². The number of hydrogen-bond acceptors (Lipinski definition) is 2. The average molecular weight is 258 g/mol. The van der Waals surface area contributed by atoms with Crippen molar-refractivity contribution in [3.8, 4) is 0 Å². The zero-order valence-electron chi connectivity index (χ0n) is 12.2. The molecule has 0 fully saturated rings. The smallest absolute Gasteiger partial charge is 0.178 e. The number of nitrogens with zero attached hydrogens (tertiary/aromatic N) is 1. The summed E-state index contributed by atoms with van der Waals surface area (Å²) in [4.78, 5) is 12.3. The molecule has 3 heteroatoms. The van der Waals surface area contributed by atoms with Crippen molar-refractivity contribution in [2.75, 3.05) is 6.54 Å². The van der Waals surface area contributed by atoms with Crippen LogP contribution in [0.2, 0.25) is 0 Å². The van der Waals surface area contributed by atoms with Gasteiger partial charge in [0.1, 0.15) is 0 Å². The van der Waals surface area contributed by atoms with Crippen LogP contribution in [0.15, 0.2) is 24.4 Å². The van der Waals surface area contributed by atoms with Gasteiger partial charge < -0.3 is 9.88 Å². The first-order valence-electron chi connectivity index (χ1n) is 6.87. The molecule has 0 bridgehead atoms. The second-order valence-electron chi connectivity index (χ2n) is 5.32. The number of ketones is 1. The molecule has 1 aromatic heterocycles. The summed E-state index contributed by atoms with van der Waals surface area (Å²) in [5.41, 5.74) is 3.20. The van der Waals surface area contributed by atoms with Crippen LogP contribution in [0.3, 0.4) is 0 Å². The predicted molar refractivity (Wildman–Crippen MR) is 79.8 cm³/mol. The van der Waals surface area contributed by atoms with E-state index in [1.807, 2.05) is 31.7 Å². The number of aryl methyl sites for hydroxylation is 2. The van der Waals surface area contributed by atoms with Gasteiger partial charge >= 0.3 is 0 Å². The molecule has 1 aromatic carbocycles. The number of fused-ring (bicyclic) bond motifs is 1. The summed E-state index contributed by atoms with van der Waals surface area (Å²) in [5.74, 6) is 0.160. The quantitative estimate of drug-likeness (QED) is 0.837. The lowest BCUT2D eigenvalue weighted by atomic mass is 10.1. The second kappa shape index (κ2) is 5.57. The molecule has 2 aromatic rings. The average Bonchev–Trinajstić information content (AvgIpc) is 2.73. The maximum absolute atomic E-state index is 12.3. The van der Waals surface area contributed by atoms with Crippen LogP contribution in [0.4, 0.5) is 0 Å². The van der Waals surface area contributed by atoms with Crippen molar-refractivity contribution in [2.24, 2.45) is 7.05 Å². The molecule has 3 nitrogen and oxygen atoms in total. The van der Waals surface area contributed by atoms with Gasteiger partial charge in [-0.3, -0.25) is 4.79 Å². The number of carbonyl (C=O) groups excluding carboxylic acids is 1. The van der Waals surface area contributed by atoms with Gasteiger partial charge in [-0.15, -0.1) is 0 Å². The second-order valence-corrected chi connectivity index (χ2v) is 5.32. The summed E-state index contributed by atoms with van der Waals surface area (Å²) in [6, 6.07) is 6.69. The van der Waals surface area contributed by atoms with Crippen molar-refractivity contribution in [1.29, 1.82) is 0 Å². The zero-order chi connectivity index (χ0) is 14.0. The Morgan fingerprint density at radius 3 is 2.74 bits per heavy atom. The highest BCUT2D eigenvalue weighted by Crippen LogP contribution is 2.22. The summed E-state index contributed by atoms with van der Waals surface area (Å²) < 4.78 is 2.03. The van der Waals surface area contributed by atoms with Crippen LogP contribution in [0.25, 0.3) is 10.9 Å². The monoisotopic (exact) mass is 258 g/mol. The Hall–Kier alpha value is -1.61. The van der Waals surface area contributed by atoms with Crippen molar-refractivity contribution in [3.05, 3.63) is 35.5 Å². The van der Waals surface area contributed by atoms with Gasteiger partial charge in [-0.05, 0) is 24.1 Å². The molecule has 0 aliphatic carbocycles. The molecule has 0 amide bonds. The van der Waals surface area contributed by atoms with Crippen LogP contribution >= 0.6 is 0 Å². The number of rotatable bonds is 5. The molecule has 0 aliphatic heterocycles. The van der Waals surface area contributed by atoms with E-state index in [1.165, 1.54) is 5.56 Å². The van der Waals surface area contributed by atoms with Crippen molar-refractivity contribution in [2.45, 2.75) is 33.2 Å². The molecule has 102 valence electrons. The SMILES string of the molecule is CCc1ccc2c(c1)c(C(=O)CNC(C)C)cn2C. The lowest BCUT2D eigenvalue weighted by Gasteiger charge is -2.06. The normalized spacial score (nSPS) is 11.4. The molecular formula is C16H22N2O. The molecule has 0 saturated carbocycles. The summed E-state index contributed by atoms with van der Waals surface area (Å²) in [6.45, 7) is 6.62. The fraction of sp³-hybridized carbons (Fsp3) is 0.438. The lowest BCUT2D eigenvalue weighted by Crippen LogP contribution is -2.29. The Morgan fingerprint density at radius 1 is 1.37 bits per heavy atom. The zero-order valence-corrected chi connectivity index (χ0v) is 12.2.